The molecule has 25 heteroatoms. The molecule has 0 saturated carbocycles. The fraction of sp³-hybridized carbons (Fsp3) is 0.526. The van der Waals surface area contributed by atoms with Gasteiger partial charge in [0, 0.05) is 115 Å². The molecule has 440 valence electrons. The molecule has 25 nitrogen and oxygen atoms in total. The van der Waals surface area contributed by atoms with E-state index in [9.17, 15) is 14.4 Å². The Labute approximate surface area is 479 Å². The molecule has 0 unspecified atom stereocenters. The Morgan fingerprint density at radius 1 is 0.341 bits per heavy atom. The zero-order valence-electron chi connectivity index (χ0n) is 46.9. The number of rotatable bonds is 12. The van der Waals surface area contributed by atoms with E-state index in [1.807, 2.05) is 106 Å². The van der Waals surface area contributed by atoms with Crippen LogP contribution in [0.25, 0.3) is 0 Å². The predicted octanol–water partition coefficient (Wildman–Crippen LogP) is 1.82. The second-order valence-corrected chi connectivity index (χ2v) is 19.7. The van der Waals surface area contributed by atoms with Gasteiger partial charge in [-0.1, -0.05) is 91.0 Å². The van der Waals surface area contributed by atoms with Gasteiger partial charge in [0.2, 0.25) is 17.9 Å². The van der Waals surface area contributed by atoms with Crippen molar-refractivity contribution in [3.63, 3.8) is 0 Å². The van der Waals surface area contributed by atoms with Crippen LogP contribution in [0.1, 0.15) is 16.7 Å². The third-order valence-corrected chi connectivity index (χ3v) is 14.2. The molecule has 6 heterocycles. The summed E-state index contributed by atoms with van der Waals surface area (Å²) in [5.74, 6) is 2.60. The van der Waals surface area contributed by atoms with E-state index in [2.05, 4.69) is 20.9 Å². The number of guanidine groups is 3. The number of morpholine rings is 6. The molecule has 0 aliphatic carbocycles. The number of urea groups is 3. The highest BCUT2D eigenvalue weighted by Crippen LogP contribution is 2.12. The monoisotopic (exact) mass is 1130 g/mol. The Hall–Kier alpha value is -7.39. The van der Waals surface area contributed by atoms with Crippen molar-refractivity contribution in [3.05, 3.63) is 108 Å². The van der Waals surface area contributed by atoms with E-state index in [1.165, 1.54) is 0 Å². The zero-order chi connectivity index (χ0) is 56.4. The number of carbonyl (C=O) groups excluding carboxylic acids is 3. The van der Waals surface area contributed by atoms with Gasteiger partial charge in [-0.15, -0.1) is 0 Å². The summed E-state index contributed by atoms with van der Waals surface area (Å²) in [6.45, 7) is 14.3. The van der Waals surface area contributed by atoms with Crippen LogP contribution in [0.15, 0.2) is 121 Å². The highest BCUT2D eigenvalue weighted by molar-refractivity contribution is 6.11. The maximum absolute atomic E-state index is 13.7. The molecule has 82 heavy (non-hydrogen) atoms. The number of hydrogen-bond acceptors (Lipinski definition) is 13. The summed E-state index contributed by atoms with van der Waals surface area (Å²) in [7, 11) is 0. The molecular weight excluding hydrogens is 1050 g/mol. The number of hydrogen-bond donors (Lipinski definition) is 3. The fourth-order valence-electron chi connectivity index (χ4n) is 9.55. The molecule has 6 aliphatic rings. The Bertz CT molecular complexity index is 2370. The van der Waals surface area contributed by atoms with Crippen molar-refractivity contribution in [2.45, 2.75) is 0 Å². The minimum atomic E-state index is -0.250. The lowest BCUT2D eigenvalue weighted by Crippen LogP contribution is -2.54. The number of nitrogens with one attached hydrogen (secondary N) is 3. The zero-order valence-corrected chi connectivity index (χ0v) is 46.9. The molecule has 6 amide bonds. The molecule has 0 spiro atoms. The SMILES string of the molecule is O=C(NC(=NC(=NCCN(CCN=C(N=C(NC(=O)N1CCOCC1)N1CCOCC1)c1ccccc1)CCN=C(N=C(NC(=O)N1CCOCC1)N1CCOCC1)c1ccccc1)c1ccccc1)N1CCOCC1)N1CCOCC1. The van der Waals surface area contributed by atoms with Crippen molar-refractivity contribution in [3.8, 4) is 0 Å². The van der Waals surface area contributed by atoms with E-state index in [-0.39, 0.29) is 18.1 Å². The molecule has 3 aromatic carbocycles. The second kappa shape index (κ2) is 32.3. The van der Waals surface area contributed by atoms with Gasteiger partial charge in [0.25, 0.3) is 0 Å². The molecule has 0 radical (unpaired) electrons. The summed E-state index contributed by atoms with van der Waals surface area (Å²) < 4.78 is 33.7. The number of amidine groups is 3. The van der Waals surface area contributed by atoms with E-state index in [0.29, 0.717) is 232 Å². The molecule has 0 atom stereocenters. The van der Waals surface area contributed by atoms with Crippen LogP contribution in [-0.2, 0) is 28.4 Å². The molecule has 0 bridgehead atoms. The topological polar surface area (TPSA) is 240 Å². The number of carbonyl (C=O) groups is 3. The van der Waals surface area contributed by atoms with E-state index in [0.717, 1.165) is 16.7 Å². The summed E-state index contributed by atoms with van der Waals surface area (Å²) in [5, 5.41) is 9.34. The molecular formula is C57H78N16O9. The van der Waals surface area contributed by atoms with E-state index < -0.39 is 0 Å². The summed E-state index contributed by atoms with van der Waals surface area (Å²) in [6, 6.07) is 28.5. The van der Waals surface area contributed by atoms with Crippen LogP contribution in [-0.4, -0.2) is 285 Å². The first-order chi connectivity index (χ1) is 40.4. The molecule has 6 aliphatic heterocycles. The smallest absolute Gasteiger partial charge is 0.324 e. The first-order valence-corrected chi connectivity index (χ1v) is 28.6. The minimum Gasteiger partial charge on any atom is -0.378 e. The van der Waals surface area contributed by atoms with E-state index in [1.54, 1.807) is 14.7 Å². The fourth-order valence-corrected chi connectivity index (χ4v) is 9.55. The highest BCUT2D eigenvalue weighted by Gasteiger charge is 2.27. The molecule has 6 saturated heterocycles. The molecule has 6 fully saturated rings. The highest BCUT2D eigenvalue weighted by atomic mass is 16.5. The van der Waals surface area contributed by atoms with Gasteiger partial charge in [0.05, 0.1) is 98.9 Å². The van der Waals surface area contributed by atoms with Crippen LogP contribution < -0.4 is 16.0 Å². The van der Waals surface area contributed by atoms with Crippen molar-refractivity contribution in [2.24, 2.45) is 30.0 Å². The Morgan fingerprint density at radius 3 is 0.793 bits per heavy atom. The van der Waals surface area contributed by atoms with Gasteiger partial charge in [-0.25, -0.2) is 14.4 Å². The van der Waals surface area contributed by atoms with Crippen LogP contribution in [0.3, 0.4) is 0 Å². The Kier molecular flexibility index (Phi) is 23.3. The van der Waals surface area contributed by atoms with Gasteiger partial charge in [-0.05, 0) is 0 Å². The molecule has 3 N–H and O–H groups in total. The van der Waals surface area contributed by atoms with Gasteiger partial charge >= 0.3 is 18.1 Å². The Balaban J connectivity index is 1.03. The normalized spacial score (nSPS) is 19.6. The lowest BCUT2D eigenvalue weighted by atomic mass is 10.2. The van der Waals surface area contributed by atoms with Gasteiger partial charge in [-0.2, -0.15) is 15.0 Å². The number of ether oxygens (including phenoxy) is 6. The summed E-state index contributed by atoms with van der Waals surface area (Å²) >= 11 is 0. The largest absolute Gasteiger partial charge is 0.378 e. The minimum absolute atomic E-state index is 0.250. The van der Waals surface area contributed by atoms with Gasteiger partial charge in [-0.3, -0.25) is 35.8 Å². The lowest BCUT2D eigenvalue weighted by Gasteiger charge is -2.32. The number of amides is 6. The third kappa shape index (κ3) is 18.3. The quantitative estimate of drug-likeness (QED) is 0.174. The van der Waals surface area contributed by atoms with E-state index in [4.69, 9.17) is 58.4 Å². The number of benzene rings is 3. The molecule has 0 aromatic heterocycles. The van der Waals surface area contributed by atoms with Crippen molar-refractivity contribution < 1.29 is 42.8 Å². The van der Waals surface area contributed by atoms with Gasteiger partial charge < -0.3 is 57.8 Å². The predicted molar refractivity (Wildman–Crippen MR) is 312 cm³/mol. The van der Waals surface area contributed by atoms with Crippen LogP contribution in [0.2, 0.25) is 0 Å². The lowest BCUT2D eigenvalue weighted by molar-refractivity contribution is 0.0528. The summed E-state index contributed by atoms with van der Waals surface area (Å²) in [5.41, 5.74) is 2.37. The van der Waals surface area contributed by atoms with Gasteiger partial charge in [0.15, 0.2) is 17.5 Å². The second-order valence-electron chi connectivity index (χ2n) is 19.7. The average Bonchev–Trinajstić information content (AvgIpc) is 3.62. The standard InChI is InChI=1S/C57H78N16O9/c74-55(71-28-40-80-41-29-71)64-52(68-22-34-77-35-23-68)61-49(46-10-4-1-5-11-46)58-16-19-67(20-17-59-50(47-12-6-2-7-13-47)62-53(69-24-36-78-37-25-69)65-56(75)72-30-42-81-43-31-72)21-18-60-51(48-14-8-3-9-15-48)63-54(70-26-38-79-39-27-70)66-57(76)73-32-44-82-45-33-73/h1-15H,16-45H2,(H,58,61,64,74)(H,59,62,65,75)(H,60,63,66,76). The van der Waals surface area contributed by atoms with E-state index >= 15 is 0 Å². The van der Waals surface area contributed by atoms with Crippen molar-refractivity contribution in [2.75, 3.05) is 197 Å². The first-order valence-electron chi connectivity index (χ1n) is 28.6. The van der Waals surface area contributed by atoms with Crippen molar-refractivity contribution in [1.29, 1.82) is 0 Å². The number of nitrogens with zero attached hydrogens (tertiary/aromatic N) is 13. The van der Waals surface area contributed by atoms with Crippen molar-refractivity contribution in [1.82, 2.24) is 50.2 Å². The first kappa shape index (κ1) is 59.2. The summed E-state index contributed by atoms with van der Waals surface area (Å²) in [6.07, 6.45) is 0. The molecule has 9 rings (SSSR count). The maximum Gasteiger partial charge on any atom is 0.324 e. The van der Waals surface area contributed by atoms with Crippen molar-refractivity contribution >= 4 is 53.5 Å². The average molecular weight is 1130 g/mol. The number of aliphatic imine (C=N–C) groups is 6. The maximum atomic E-state index is 13.7. The molecule has 3 aromatic rings. The van der Waals surface area contributed by atoms with Crippen LogP contribution >= 0.6 is 0 Å². The summed E-state index contributed by atoms with van der Waals surface area (Å²) in [4.78, 5) is 85.6. The van der Waals surface area contributed by atoms with Crippen LogP contribution in [0.5, 0.6) is 0 Å². The van der Waals surface area contributed by atoms with Crippen LogP contribution in [0, 0.1) is 0 Å². The Morgan fingerprint density at radius 2 is 0.561 bits per heavy atom. The third-order valence-electron chi connectivity index (χ3n) is 14.2. The van der Waals surface area contributed by atoms with Gasteiger partial charge in [0.1, 0.15) is 0 Å². The van der Waals surface area contributed by atoms with Crippen LogP contribution in [0.4, 0.5) is 14.4 Å².